The van der Waals surface area contributed by atoms with Gasteiger partial charge in [0.1, 0.15) is 6.67 Å². The highest BCUT2D eigenvalue weighted by molar-refractivity contribution is 4.81. The first-order valence-electron chi connectivity index (χ1n) is 3.72. The van der Waals surface area contributed by atoms with E-state index in [0.717, 1.165) is 6.42 Å². The number of halogens is 1. The van der Waals surface area contributed by atoms with Crippen molar-refractivity contribution in [2.75, 3.05) is 19.8 Å². The van der Waals surface area contributed by atoms with Gasteiger partial charge in [0, 0.05) is 19.1 Å². The number of β-amino-alcohol motifs (C(OH)–C–C–N with tert-alkyl or cyclic N) is 1. The summed E-state index contributed by atoms with van der Waals surface area (Å²) in [5, 5.41) is 9.13. The predicted molar refractivity (Wildman–Crippen MR) is 37.6 cm³/mol. The van der Waals surface area contributed by atoms with Crippen molar-refractivity contribution in [1.29, 1.82) is 0 Å². The fraction of sp³-hybridized carbons (Fsp3) is 1.00. The number of hydrogen-bond donors (Lipinski definition) is 1. The quantitative estimate of drug-likeness (QED) is 0.611. The number of alkyl halides is 1. The third-order valence-corrected chi connectivity index (χ3v) is 2.05. The van der Waals surface area contributed by atoms with Gasteiger partial charge in [0.25, 0.3) is 0 Å². The number of nitrogens with zero attached hydrogens (tertiary/aromatic N) is 1. The fourth-order valence-corrected chi connectivity index (χ4v) is 1.49. The molecule has 0 amide bonds. The van der Waals surface area contributed by atoms with Crippen LogP contribution in [0.3, 0.4) is 0 Å². The molecule has 2 nitrogen and oxygen atoms in total. The van der Waals surface area contributed by atoms with Gasteiger partial charge in [-0.15, -0.1) is 0 Å². The van der Waals surface area contributed by atoms with Crippen LogP contribution in [0.4, 0.5) is 4.39 Å². The van der Waals surface area contributed by atoms with E-state index in [-0.39, 0.29) is 12.8 Å². The molecule has 0 unspecified atom stereocenters. The molecular weight excluding hydrogens is 133 g/mol. The van der Waals surface area contributed by atoms with Gasteiger partial charge in [0.15, 0.2) is 0 Å². The molecule has 0 aromatic heterocycles. The molecule has 1 aliphatic rings. The maximum Gasteiger partial charge on any atom is 0.102 e. The minimum absolute atomic E-state index is 0.235. The minimum atomic E-state index is -0.308. The zero-order valence-electron chi connectivity index (χ0n) is 6.26. The summed E-state index contributed by atoms with van der Waals surface area (Å²) in [6.07, 6.45) is 0.557. The Labute approximate surface area is 60.6 Å². The van der Waals surface area contributed by atoms with E-state index in [9.17, 15) is 4.39 Å². The van der Waals surface area contributed by atoms with Crippen molar-refractivity contribution in [2.24, 2.45) is 0 Å². The molecule has 2 atom stereocenters. The average Bonchev–Trinajstić information content (AvgIpc) is 2.13. The Morgan fingerprint density at radius 1 is 1.70 bits per heavy atom. The van der Waals surface area contributed by atoms with Gasteiger partial charge in [0.05, 0.1) is 6.10 Å². The zero-order chi connectivity index (χ0) is 7.56. The van der Waals surface area contributed by atoms with Crippen molar-refractivity contribution in [1.82, 2.24) is 4.90 Å². The summed E-state index contributed by atoms with van der Waals surface area (Å²) in [6.45, 7) is 2.83. The lowest BCUT2D eigenvalue weighted by molar-refractivity contribution is 0.171. The van der Waals surface area contributed by atoms with Gasteiger partial charge in [-0.1, -0.05) is 0 Å². The Morgan fingerprint density at radius 2 is 2.40 bits per heavy atom. The Hall–Kier alpha value is -0.150. The summed E-state index contributed by atoms with van der Waals surface area (Å²) >= 11 is 0. The Morgan fingerprint density at radius 3 is 2.80 bits per heavy atom. The van der Waals surface area contributed by atoms with E-state index in [1.165, 1.54) is 0 Å². The van der Waals surface area contributed by atoms with Crippen LogP contribution < -0.4 is 0 Å². The highest BCUT2D eigenvalue weighted by Crippen LogP contribution is 2.15. The number of hydrogen-bond acceptors (Lipinski definition) is 2. The molecule has 0 spiro atoms. The lowest BCUT2D eigenvalue weighted by Gasteiger charge is -2.17. The lowest BCUT2D eigenvalue weighted by atomic mass is 10.2. The smallest absolute Gasteiger partial charge is 0.102 e. The average molecular weight is 147 g/mol. The van der Waals surface area contributed by atoms with Gasteiger partial charge < -0.3 is 5.11 Å². The number of likely N-dealkylation sites (tertiary alicyclic amines) is 1. The molecule has 3 heteroatoms. The molecule has 1 fully saturated rings. The number of aliphatic hydroxyl groups is 1. The molecule has 0 aromatic rings. The van der Waals surface area contributed by atoms with Gasteiger partial charge >= 0.3 is 0 Å². The monoisotopic (exact) mass is 147 g/mol. The number of aliphatic hydroxyl groups excluding tert-OH is 1. The van der Waals surface area contributed by atoms with Gasteiger partial charge in [-0.25, -0.2) is 4.39 Å². The summed E-state index contributed by atoms with van der Waals surface area (Å²) in [5.41, 5.74) is 0. The minimum Gasteiger partial charge on any atom is -0.392 e. The summed E-state index contributed by atoms with van der Waals surface area (Å²) in [6, 6.07) is 0.353. The summed E-state index contributed by atoms with van der Waals surface area (Å²) in [4.78, 5) is 1.98. The zero-order valence-corrected chi connectivity index (χ0v) is 6.26. The molecule has 1 saturated heterocycles. The van der Waals surface area contributed by atoms with Crippen LogP contribution in [0.2, 0.25) is 0 Å². The fourth-order valence-electron chi connectivity index (χ4n) is 1.49. The Balaban J connectivity index is 2.31. The molecule has 0 bridgehead atoms. The molecule has 1 heterocycles. The van der Waals surface area contributed by atoms with E-state index in [1.807, 2.05) is 11.8 Å². The molecule has 0 aromatic carbocycles. The second-order valence-corrected chi connectivity index (χ2v) is 2.92. The first-order valence-corrected chi connectivity index (χ1v) is 3.72. The van der Waals surface area contributed by atoms with Crippen molar-refractivity contribution in [2.45, 2.75) is 25.5 Å². The third kappa shape index (κ3) is 1.67. The molecule has 1 aliphatic heterocycles. The highest BCUT2D eigenvalue weighted by atomic mass is 19.1. The third-order valence-electron chi connectivity index (χ3n) is 2.05. The second kappa shape index (κ2) is 3.30. The van der Waals surface area contributed by atoms with Crippen molar-refractivity contribution < 1.29 is 9.50 Å². The largest absolute Gasteiger partial charge is 0.392 e. The first kappa shape index (κ1) is 7.95. The maximum absolute atomic E-state index is 11.8. The second-order valence-electron chi connectivity index (χ2n) is 2.92. The van der Waals surface area contributed by atoms with Crippen LogP contribution in [0.5, 0.6) is 0 Å². The van der Waals surface area contributed by atoms with E-state index in [1.54, 1.807) is 0 Å². The first-order chi connectivity index (χ1) is 4.74. The molecule has 1 rings (SSSR count). The summed E-state index contributed by atoms with van der Waals surface area (Å²) < 4.78 is 11.8. The molecule has 10 heavy (non-hydrogen) atoms. The highest BCUT2D eigenvalue weighted by Gasteiger charge is 2.26. The lowest BCUT2D eigenvalue weighted by Crippen LogP contribution is -2.29. The van der Waals surface area contributed by atoms with E-state index in [4.69, 9.17) is 5.11 Å². The van der Waals surface area contributed by atoms with E-state index >= 15 is 0 Å². The van der Waals surface area contributed by atoms with E-state index in [0.29, 0.717) is 19.1 Å². The SMILES string of the molecule is C[C@H]1C[C@@H](O)CN1CCF. The number of rotatable bonds is 2. The van der Waals surface area contributed by atoms with Crippen LogP contribution in [-0.4, -0.2) is 41.9 Å². The van der Waals surface area contributed by atoms with Crippen molar-refractivity contribution >= 4 is 0 Å². The van der Waals surface area contributed by atoms with Crippen LogP contribution in [0.25, 0.3) is 0 Å². The topological polar surface area (TPSA) is 23.5 Å². The van der Waals surface area contributed by atoms with Crippen molar-refractivity contribution in [3.8, 4) is 0 Å². The summed E-state index contributed by atoms with van der Waals surface area (Å²) in [5.74, 6) is 0. The molecule has 0 radical (unpaired) electrons. The van der Waals surface area contributed by atoms with Gasteiger partial charge in [-0.05, 0) is 13.3 Å². The van der Waals surface area contributed by atoms with Crippen LogP contribution >= 0.6 is 0 Å². The predicted octanol–water partition coefficient (Wildman–Crippen LogP) is 0.411. The Kier molecular flexibility index (Phi) is 2.63. The van der Waals surface area contributed by atoms with Crippen LogP contribution in [0.1, 0.15) is 13.3 Å². The van der Waals surface area contributed by atoms with Gasteiger partial charge in [0.2, 0.25) is 0 Å². The van der Waals surface area contributed by atoms with Gasteiger partial charge in [-0.2, -0.15) is 0 Å². The molecule has 0 saturated carbocycles. The van der Waals surface area contributed by atoms with E-state index < -0.39 is 0 Å². The molecule has 60 valence electrons. The van der Waals surface area contributed by atoms with Gasteiger partial charge in [-0.3, -0.25) is 4.90 Å². The normalized spacial score (nSPS) is 35.1. The van der Waals surface area contributed by atoms with Crippen molar-refractivity contribution in [3.05, 3.63) is 0 Å². The molecule has 0 aliphatic carbocycles. The summed E-state index contributed by atoms with van der Waals surface area (Å²) in [7, 11) is 0. The standard InChI is InChI=1S/C7H14FNO/c1-6-4-7(10)5-9(6)3-2-8/h6-7,10H,2-5H2,1H3/t6-,7+/m0/s1. The van der Waals surface area contributed by atoms with E-state index in [2.05, 4.69) is 0 Å². The van der Waals surface area contributed by atoms with Crippen LogP contribution in [-0.2, 0) is 0 Å². The van der Waals surface area contributed by atoms with Crippen molar-refractivity contribution in [3.63, 3.8) is 0 Å². The molecule has 1 N–H and O–H groups in total. The maximum atomic E-state index is 11.8. The molecular formula is C7H14FNO. The Bertz CT molecular complexity index is 110. The van der Waals surface area contributed by atoms with Crippen LogP contribution in [0.15, 0.2) is 0 Å². The van der Waals surface area contributed by atoms with Crippen LogP contribution in [0, 0.1) is 0 Å².